The third-order valence-corrected chi connectivity index (χ3v) is 4.53. The van der Waals surface area contributed by atoms with Crippen molar-refractivity contribution in [1.29, 1.82) is 0 Å². The number of nitrogens with zero attached hydrogens (tertiary/aromatic N) is 4. The predicted molar refractivity (Wildman–Crippen MR) is 97.0 cm³/mol. The van der Waals surface area contributed by atoms with E-state index in [1.165, 1.54) is 0 Å². The van der Waals surface area contributed by atoms with Crippen molar-refractivity contribution < 1.29 is 9.53 Å². The van der Waals surface area contributed by atoms with Gasteiger partial charge in [-0.25, -0.2) is 9.67 Å². The van der Waals surface area contributed by atoms with Crippen molar-refractivity contribution in [2.24, 2.45) is 0 Å². The van der Waals surface area contributed by atoms with Crippen LogP contribution in [0.4, 0.5) is 0 Å². The standard InChI is InChI=1S/C20H20N4O2/c25-20(17-7-8-19(21-15-17)24-11-4-10-22-24)23-12-9-18(26-14-13-23)16-5-2-1-3-6-16/h1-8,10-11,15,18H,9,12-14H2. The molecule has 4 rings (SSSR count). The van der Waals surface area contributed by atoms with Crippen molar-refractivity contribution >= 4 is 5.91 Å². The maximum Gasteiger partial charge on any atom is 0.255 e. The second-order valence-electron chi connectivity index (χ2n) is 6.21. The van der Waals surface area contributed by atoms with Gasteiger partial charge in [-0.3, -0.25) is 4.79 Å². The molecule has 1 atom stereocenters. The number of pyridine rings is 1. The molecule has 3 heterocycles. The molecule has 1 aliphatic rings. The molecule has 132 valence electrons. The zero-order valence-corrected chi connectivity index (χ0v) is 14.4. The van der Waals surface area contributed by atoms with Crippen molar-refractivity contribution in [3.05, 3.63) is 78.2 Å². The molecular weight excluding hydrogens is 328 g/mol. The molecule has 0 bridgehead atoms. The van der Waals surface area contributed by atoms with Gasteiger partial charge in [0.15, 0.2) is 5.82 Å². The van der Waals surface area contributed by atoms with Crippen molar-refractivity contribution in [3.63, 3.8) is 0 Å². The van der Waals surface area contributed by atoms with E-state index >= 15 is 0 Å². The Bertz CT molecular complexity index is 847. The van der Waals surface area contributed by atoms with E-state index in [4.69, 9.17) is 4.74 Å². The van der Waals surface area contributed by atoms with E-state index in [1.54, 1.807) is 29.2 Å². The van der Waals surface area contributed by atoms with Crippen LogP contribution >= 0.6 is 0 Å². The fraction of sp³-hybridized carbons (Fsp3) is 0.250. The summed E-state index contributed by atoms with van der Waals surface area (Å²) in [5, 5.41) is 4.14. The number of amides is 1. The molecule has 26 heavy (non-hydrogen) atoms. The van der Waals surface area contributed by atoms with Gasteiger partial charge in [-0.15, -0.1) is 0 Å². The van der Waals surface area contributed by atoms with Gasteiger partial charge in [-0.05, 0) is 30.2 Å². The second kappa shape index (κ2) is 7.49. The van der Waals surface area contributed by atoms with Gasteiger partial charge in [0.1, 0.15) is 0 Å². The molecule has 1 saturated heterocycles. The molecule has 2 aromatic heterocycles. The van der Waals surface area contributed by atoms with Gasteiger partial charge in [0.05, 0.1) is 18.3 Å². The SMILES string of the molecule is O=C(c1ccc(-n2cccn2)nc1)N1CCOC(c2ccccc2)CC1. The monoisotopic (exact) mass is 348 g/mol. The van der Waals surface area contributed by atoms with Gasteiger partial charge >= 0.3 is 0 Å². The Kier molecular flexibility index (Phi) is 4.75. The third kappa shape index (κ3) is 3.50. The van der Waals surface area contributed by atoms with E-state index in [0.29, 0.717) is 31.1 Å². The van der Waals surface area contributed by atoms with E-state index in [9.17, 15) is 4.79 Å². The van der Waals surface area contributed by atoms with Crippen molar-refractivity contribution in [2.75, 3.05) is 19.7 Å². The van der Waals surface area contributed by atoms with E-state index in [-0.39, 0.29) is 12.0 Å². The molecule has 6 heteroatoms. The summed E-state index contributed by atoms with van der Waals surface area (Å²) < 4.78 is 7.62. The Morgan fingerprint density at radius 3 is 2.69 bits per heavy atom. The highest BCUT2D eigenvalue weighted by atomic mass is 16.5. The lowest BCUT2D eigenvalue weighted by molar-refractivity contribution is 0.0585. The molecule has 1 amide bonds. The van der Waals surface area contributed by atoms with Crippen LogP contribution in [-0.4, -0.2) is 45.3 Å². The van der Waals surface area contributed by atoms with Crippen molar-refractivity contribution in [2.45, 2.75) is 12.5 Å². The first-order valence-corrected chi connectivity index (χ1v) is 8.73. The molecule has 3 aromatic rings. The summed E-state index contributed by atoms with van der Waals surface area (Å²) in [6.07, 6.45) is 5.95. The fourth-order valence-corrected chi connectivity index (χ4v) is 3.14. The first-order valence-electron chi connectivity index (χ1n) is 8.73. The molecule has 1 fully saturated rings. The summed E-state index contributed by atoms with van der Waals surface area (Å²) in [6, 6.07) is 15.6. The molecular formula is C20H20N4O2. The van der Waals surface area contributed by atoms with Crippen molar-refractivity contribution in [3.8, 4) is 5.82 Å². The Morgan fingerprint density at radius 1 is 1.08 bits per heavy atom. The first kappa shape index (κ1) is 16.5. The lowest BCUT2D eigenvalue weighted by Crippen LogP contribution is -2.33. The van der Waals surface area contributed by atoms with Gasteiger partial charge in [0, 0.05) is 31.7 Å². The van der Waals surface area contributed by atoms with Crippen LogP contribution in [0.3, 0.4) is 0 Å². The zero-order chi connectivity index (χ0) is 17.8. The van der Waals surface area contributed by atoms with Gasteiger partial charge in [0.25, 0.3) is 5.91 Å². The van der Waals surface area contributed by atoms with Gasteiger partial charge in [0.2, 0.25) is 0 Å². The number of carbonyl (C=O) groups is 1. The minimum Gasteiger partial charge on any atom is -0.372 e. The number of hydrogen-bond donors (Lipinski definition) is 0. The molecule has 0 N–H and O–H groups in total. The summed E-state index contributed by atoms with van der Waals surface area (Å²) in [5.41, 5.74) is 1.74. The van der Waals surface area contributed by atoms with Crippen LogP contribution in [0.25, 0.3) is 5.82 Å². The molecule has 1 aromatic carbocycles. The third-order valence-electron chi connectivity index (χ3n) is 4.53. The van der Waals surface area contributed by atoms with Crippen LogP contribution in [0.5, 0.6) is 0 Å². The molecule has 1 aliphatic heterocycles. The van der Waals surface area contributed by atoms with Gasteiger partial charge in [-0.1, -0.05) is 30.3 Å². The Morgan fingerprint density at radius 2 is 1.96 bits per heavy atom. The lowest BCUT2D eigenvalue weighted by atomic mass is 10.1. The highest BCUT2D eigenvalue weighted by Gasteiger charge is 2.23. The van der Waals surface area contributed by atoms with Crippen molar-refractivity contribution in [1.82, 2.24) is 19.7 Å². The molecule has 0 saturated carbocycles. The van der Waals surface area contributed by atoms with E-state index in [0.717, 1.165) is 12.0 Å². The molecule has 0 aliphatic carbocycles. The summed E-state index contributed by atoms with van der Waals surface area (Å²) in [7, 11) is 0. The molecule has 0 radical (unpaired) electrons. The predicted octanol–water partition coefficient (Wildman–Crippen LogP) is 2.87. The minimum atomic E-state index is -0.0122. The van der Waals surface area contributed by atoms with Gasteiger partial charge < -0.3 is 9.64 Å². The van der Waals surface area contributed by atoms with Crippen LogP contribution < -0.4 is 0 Å². The quantitative estimate of drug-likeness (QED) is 0.730. The highest BCUT2D eigenvalue weighted by molar-refractivity contribution is 5.94. The molecule has 0 spiro atoms. The highest BCUT2D eigenvalue weighted by Crippen LogP contribution is 2.24. The maximum absolute atomic E-state index is 12.8. The van der Waals surface area contributed by atoms with E-state index < -0.39 is 0 Å². The average Bonchev–Trinajstić information content (AvgIpc) is 3.13. The maximum atomic E-state index is 12.8. The number of benzene rings is 1. The summed E-state index contributed by atoms with van der Waals surface area (Å²) in [4.78, 5) is 19.0. The number of hydrogen-bond acceptors (Lipinski definition) is 4. The van der Waals surface area contributed by atoms with Crippen LogP contribution in [0.2, 0.25) is 0 Å². The Labute approximate surface area is 152 Å². The Balaban J connectivity index is 1.43. The summed E-state index contributed by atoms with van der Waals surface area (Å²) >= 11 is 0. The van der Waals surface area contributed by atoms with E-state index in [2.05, 4.69) is 22.2 Å². The van der Waals surface area contributed by atoms with Crippen LogP contribution in [0.1, 0.15) is 28.4 Å². The normalized spacial score (nSPS) is 17.7. The van der Waals surface area contributed by atoms with Crippen LogP contribution in [0, 0.1) is 0 Å². The lowest BCUT2D eigenvalue weighted by Gasteiger charge is -2.19. The summed E-state index contributed by atoms with van der Waals surface area (Å²) in [5.74, 6) is 0.678. The fourth-order valence-electron chi connectivity index (χ4n) is 3.14. The minimum absolute atomic E-state index is 0.0122. The van der Waals surface area contributed by atoms with E-state index in [1.807, 2.05) is 35.4 Å². The first-order chi connectivity index (χ1) is 12.8. The summed E-state index contributed by atoms with van der Waals surface area (Å²) in [6.45, 7) is 1.78. The van der Waals surface area contributed by atoms with Gasteiger partial charge in [-0.2, -0.15) is 5.10 Å². The Hall–Kier alpha value is -2.99. The average molecular weight is 348 g/mol. The number of aromatic nitrogens is 3. The number of rotatable bonds is 3. The largest absolute Gasteiger partial charge is 0.372 e. The second-order valence-corrected chi connectivity index (χ2v) is 6.21. The smallest absolute Gasteiger partial charge is 0.255 e. The topological polar surface area (TPSA) is 60.2 Å². The van der Waals surface area contributed by atoms with Crippen LogP contribution in [0.15, 0.2) is 67.1 Å². The molecule has 1 unspecified atom stereocenters. The number of carbonyl (C=O) groups excluding carboxylic acids is 1. The zero-order valence-electron chi connectivity index (χ0n) is 14.4. The number of ether oxygens (including phenoxy) is 1. The van der Waals surface area contributed by atoms with Crippen LogP contribution in [-0.2, 0) is 4.74 Å². The molecule has 6 nitrogen and oxygen atoms in total.